The summed E-state index contributed by atoms with van der Waals surface area (Å²) in [5.74, 6) is 0.0596. The van der Waals surface area contributed by atoms with Crippen molar-refractivity contribution in [3.63, 3.8) is 0 Å². The Morgan fingerprint density at radius 3 is 3.00 bits per heavy atom. The van der Waals surface area contributed by atoms with Gasteiger partial charge in [-0.25, -0.2) is 14.3 Å². The summed E-state index contributed by atoms with van der Waals surface area (Å²) in [6.07, 6.45) is 5.56. The quantitative estimate of drug-likeness (QED) is 0.837. The smallest absolute Gasteiger partial charge is 0.280 e. The molecule has 2 aliphatic heterocycles. The molecule has 1 aromatic carbocycles. The Balaban J connectivity index is 1.72. The van der Waals surface area contributed by atoms with E-state index in [0.29, 0.717) is 18.1 Å². The molecule has 0 radical (unpaired) electrons. The molecule has 22 heavy (non-hydrogen) atoms. The maximum atomic E-state index is 13.1. The van der Waals surface area contributed by atoms with Gasteiger partial charge in [0.2, 0.25) is 5.84 Å². The molecule has 1 atom stereocenters. The lowest BCUT2D eigenvalue weighted by molar-refractivity contribution is -0.762. The van der Waals surface area contributed by atoms with Gasteiger partial charge >= 0.3 is 0 Å². The average molecular weight is 302 g/mol. The molecule has 0 saturated carbocycles. The maximum Gasteiger partial charge on any atom is 0.280 e. The van der Waals surface area contributed by atoms with Crippen LogP contribution in [0.2, 0.25) is 0 Å². The van der Waals surface area contributed by atoms with Crippen molar-refractivity contribution >= 4 is 17.4 Å². The molecule has 3 rings (SSSR count). The van der Waals surface area contributed by atoms with Crippen molar-refractivity contribution in [3.8, 4) is 0 Å². The number of fused-ring (bicyclic) bond motifs is 1. The van der Waals surface area contributed by atoms with Crippen LogP contribution < -0.4 is 10.2 Å². The molecule has 6 nitrogen and oxygen atoms in total. The summed E-state index contributed by atoms with van der Waals surface area (Å²) < 4.78 is 13.1. The summed E-state index contributed by atoms with van der Waals surface area (Å²) in [4.78, 5) is 17.5. The van der Waals surface area contributed by atoms with Gasteiger partial charge in [-0.05, 0) is 18.2 Å². The third kappa shape index (κ3) is 2.90. The average Bonchev–Trinajstić information content (AvgIpc) is 2.90. The van der Waals surface area contributed by atoms with Crippen LogP contribution in [0, 0.1) is 5.82 Å². The number of anilines is 1. The number of amidine groups is 1. The molecule has 2 aliphatic rings. The normalized spacial score (nSPS) is 19.8. The second-order valence-corrected chi connectivity index (χ2v) is 5.28. The monoisotopic (exact) mass is 302 g/mol. The third-order valence-corrected chi connectivity index (χ3v) is 3.45. The molecule has 1 amide bonds. The number of hydrogen-bond acceptors (Lipinski definition) is 4. The molecule has 7 heteroatoms. The van der Waals surface area contributed by atoms with E-state index in [1.165, 1.54) is 12.1 Å². The van der Waals surface area contributed by atoms with Crippen LogP contribution in [0.3, 0.4) is 0 Å². The largest absolute Gasteiger partial charge is 0.320 e. The van der Waals surface area contributed by atoms with E-state index in [9.17, 15) is 9.18 Å². The van der Waals surface area contributed by atoms with E-state index in [2.05, 4.69) is 10.3 Å². The summed E-state index contributed by atoms with van der Waals surface area (Å²) >= 11 is 0. The minimum atomic E-state index is -0.392. The molecule has 0 fully saturated rings. The summed E-state index contributed by atoms with van der Waals surface area (Å²) in [6.45, 7) is 0.666. The molecule has 0 aromatic heterocycles. The molecular formula is C15H17FN5O+. The first kappa shape index (κ1) is 14.4. The fourth-order valence-corrected chi connectivity index (χ4v) is 2.28. The molecule has 2 N–H and O–H groups in total. The number of carbonyl (C=O) groups excluding carboxylic acids is 1. The van der Waals surface area contributed by atoms with E-state index >= 15 is 0 Å². The van der Waals surface area contributed by atoms with Crippen molar-refractivity contribution < 1.29 is 14.1 Å². The highest BCUT2D eigenvalue weighted by Crippen LogP contribution is 2.12. The highest BCUT2D eigenvalue weighted by molar-refractivity contribution is 6.06. The van der Waals surface area contributed by atoms with Crippen LogP contribution in [-0.4, -0.2) is 42.5 Å². The SMILES string of the molecule is CN(C)N1C=CC2=NC(C(=O)Nc3cccc(F)c3)=C[NH+]2C1. The lowest BCUT2D eigenvalue weighted by Crippen LogP contribution is -3.11. The predicted molar refractivity (Wildman–Crippen MR) is 81.0 cm³/mol. The molecular weight excluding hydrogens is 285 g/mol. The van der Waals surface area contributed by atoms with E-state index in [-0.39, 0.29) is 5.91 Å². The highest BCUT2D eigenvalue weighted by atomic mass is 19.1. The Morgan fingerprint density at radius 2 is 2.27 bits per heavy atom. The van der Waals surface area contributed by atoms with Gasteiger partial charge in [-0.15, -0.1) is 0 Å². The minimum Gasteiger partial charge on any atom is -0.320 e. The second kappa shape index (κ2) is 5.70. The van der Waals surface area contributed by atoms with Crippen LogP contribution in [0.1, 0.15) is 0 Å². The van der Waals surface area contributed by atoms with Crippen LogP contribution in [0.4, 0.5) is 10.1 Å². The zero-order valence-corrected chi connectivity index (χ0v) is 12.4. The van der Waals surface area contributed by atoms with Crippen molar-refractivity contribution in [1.29, 1.82) is 0 Å². The van der Waals surface area contributed by atoms with Gasteiger partial charge in [-0.3, -0.25) is 9.80 Å². The number of halogens is 1. The first-order valence-corrected chi connectivity index (χ1v) is 6.88. The molecule has 0 spiro atoms. The Kier molecular flexibility index (Phi) is 3.74. The van der Waals surface area contributed by atoms with Crippen LogP contribution in [0.25, 0.3) is 0 Å². The minimum absolute atomic E-state index is 0.333. The highest BCUT2D eigenvalue weighted by Gasteiger charge is 2.30. The molecule has 0 bridgehead atoms. The summed E-state index contributed by atoms with van der Waals surface area (Å²) in [6, 6.07) is 5.79. The van der Waals surface area contributed by atoms with Crippen LogP contribution in [-0.2, 0) is 4.79 Å². The van der Waals surface area contributed by atoms with E-state index in [4.69, 9.17) is 0 Å². The Hall–Kier alpha value is -2.51. The fourth-order valence-electron chi connectivity index (χ4n) is 2.28. The number of benzene rings is 1. The lowest BCUT2D eigenvalue weighted by Gasteiger charge is -2.30. The van der Waals surface area contributed by atoms with E-state index in [1.807, 2.05) is 36.4 Å². The summed E-state index contributed by atoms with van der Waals surface area (Å²) in [5, 5.41) is 6.62. The zero-order valence-electron chi connectivity index (χ0n) is 12.4. The number of nitrogens with one attached hydrogen (secondary N) is 2. The summed E-state index contributed by atoms with van der Waals surface area (Å²) in [7, 11) is 3.90. The number of quaternary nitrogens is 1. The van der Waals surface area contributed by atoms with E-state index < -0.39 is 5.82 Å². The molecule has 0 saturated heterocycles. The maximum absolute atomic E-state index is 13.1. The van der Waals surface area contributed by atoms with Gasteiger partial charge < -0.3 is 5.32 Å². The first-order valence-electron chi connectivity index (χ1n) is 6.88. The van der Waals surface area contributed by atoms with Crippen molar-refractivity contribution in [3.05, 3.63) is 54.3 Å². The van der Waals surface area contributed by atoms with Gasteiger partial charge in [0.05, 0.1) is 0 Å². The van der Waals surface area contributed by atoms with Crippen molar-refractivity contribution in [2.24, 2.45) is 4.99 Å². The number of rotatable bonds is 3. The first-order chi connectivity index (χ1) is 10.5. The van der Waals surface area contributed by atoms with Gasteiger partial charge in [-0.2, -0.15) is 4.99 Å². The topological polar surface area (TPSA) is 52.4 Å². The van der Waals surface area contributed by atoms with Gasteiger partial charge in [-0.1, -0.05) is 6.07 Å². The number of amides is 1. The number of aliphatic imine (C=N–C) groups is 1. The predicted octanol–water partition coefficient (Wildman–Crippen LogP) is 0.166. The van der Waals surface area contributed by atoms with Crippen LogP contribution in [0.5, 0.6) is 0 Å². The Labute approximate surface area is 127 Å². The fraction of sp³-hybridized carbons (Fsp3) is 0.200. The van der Waals surface area contributed by atoms with Gasteiger partial charge in [0.25, 0.3) is 5.91 Å². The van der Waals surface area contributed by atoms with Crippen molar-refractivity contribution in [2.75, 3.05) is 26.1 Å². The number of hydrogen-bond donors (Lipinski definition) is 2. The zero-order chi connectivity index (χ0) is 15.7. The molecule has 2 heterocycles. The van der Waals surface area contributed by atoms with Gasteiger partial charge in [0.1, 0.15) is 12.0 Å². The van der Waals surface area contributed by atoms with Crippen molar-refractivity contribution in [1.82, 2.24) is 10.0 Å². The van der Waals surface area contributed by atoms with Crippen molar-refractivity contribution in [2.45, 2.75) is 0 Å². The second-order valence-electron chi connectivity index (χ2n) is 5.28. The molecule has 1 aromatic rings. The molecule has 1 unspecified atom stereocenters. The van der Waals surface area contributed by atoms with Gasteiger partial charge in [0, 0.05) is 32.1 Å². The number of nitrogens with zero attached hydrogens (tertiary/aromatic N) is 3. The van der Waals surface area contributed by atoms with Gasteiger partial charge in [0.15, 0.2) is 12.4 Å². The number of hydrazine groups is 1. The third-order valence-electron chi connectivity index (χ3n) is 3.45. The van der Waals surface area contributed by atoms with E-state index in [0.717, 1.165) is 10.7 Å². The lowest BCUT2D eigenvalue weighted by atomic mass is 10.3. The Morgan fingerprint density at radius 1 is 1.45 bits per heavy atom. The van der Waals surface area contributed by atoms with E-state index in [1.54, 1.807) is 18.3 Å². The standard InChI is InChI=1S/C15H16FN5O/c1-19(2)21-7-6-14-18-13(9-20(14)10-21)15(22)17-12-5-3-4-11(16)8-12/h3-9H,10H2,1-2H3,(H,17,22)/p+1. The molecule has 0 aliphatic carbocycles. The van der Waals surface area contributed by atoms with Crippen LogP contribution >= 0.6 is 0 Å². The summed E-state index contributed by atoms with van der Waals surface area (Å²) in [5.41, 5.74) is 0.746. The van der Waals surface area contributed by atoms with Crippen LogP contribution in [0.15, 0.2) is 53.4 Å². The Bertz CT molecular complexity index is 695. The molecule has 114 valence electrons. The number of carbonyl (C=O) groups is 1.